The fourth-order valence-corrected chi connectivity index (χ4v) is 3.00. The molecule has 8 nitrogen and oxygen atoms in total. The van der Waals surface area contributed by atoms with Gasteiger partial charge in [-0.05, 0) is 12.1 Å². The Balaban J connectivity index is 2.46. The van der Waals surface area contributed by atoms with Gasteiger partial charge in [0.2, 0.25) is 15.9 Å². The highest BCUT2D eigenvalue weighted by atomic mass is 35.5. The van der Waals surface area contributed by atoms with E-state index < -0.39 is 31.8 Å². The molecular formula is C10H10ClN3O5S. The Morgan fingerprint density at radius 1 is 1.45 bits per heavy atom. The lowest BCUT2D eigenvalue weighted by Gasteiger charge is -2.16. The first-order valence-electron chi connectivity index (χ1n) is 5.46. The molecule has 1 fully saturated rings. The number of para-hydroxylation sites is 1. The van der Waals surface area contributed by atoms with Crippen molar-refractivity contribution in [2.45, 2.75) is 11.7 Å². The molecule has 1 atom stereocenters. The lowest BCUT2D eigenvalue weighted by atomic mass is 10.2. The molecule has 1 heterocycles. The minimum Gasteiger partial charge on any atom is -0.305 e. The lowest BCUT2D eigenvalue weighted by molar-refractivity contribution is -0.383. The number of benzene rings is 1. The second-order valence-electron chi connectivity index (χ2n) is 4.28. The van der Waals surface area contributed by atoms with E-state index in [4.69, 9.17) is 16.7 Å². The lowest BCUT2D eigenvalue weighted by Crippen LogP contribution is -2.32. The Labute approximate surface area is 119 Å². The van der Waals surface area contributed by atoms with Gasteiger partial charge in [-0.15, -0.1) is 0 Å². The number of anilines is 1. The van der Waals surface area contributed by atoms with Crippen molar-refractivity contribution in [3.05, 3.63) is 33.3 Å². The SMILES string of the molecule is NS(=O)(=O)C1CC(=O)N(c2cccc(Cl)c2[N+](=O)[O-])C1. The molecule has 1 amide bonds. The molecule has 1 saturated heterocycles. The number of hydrogen-bond acceptors (Lipinski definition) is 5. The van der Waals surface area contributed by atoms with Crippen LogP contribution in [0.5, 0.6) is 0 Å². The smallest absolute Gasteiger partial charge is 0.305 e. The highest BCUT2D eigenvalue weighted by Gasteiger charge is 2.39. The van der Waals surface area contributed by atoms with Crippen LogP contribution in [0.25, 0.3) is 0 Å². The van der Waals surface area contributed by atoms with Gasteiger partial charge >= 0.3 is 5.69 Å². The van der Waals surface area contributed by atoms with Crippen molar-refractivity contribution in [2.75, 3.05) is 11.4 Å². The average molecular weight is 320 g/mol. The number of hydrogen-bond donors (Lipinski definition) is 1. The van der Waals surface area contributed by atoms with Crippen LogP contribution in [0, 0.1) is 10.1 Å². The molecule has 10 heteroatoms. The van der Waals surface area contributed by atoms with Gasteiger partial charge in [-0.1, -0.05) is 17.7 Å². The van der Waals surface area contributed by atoms with Crippen LogP contribution >= 0.6 is 11.6 Å². The first-order chi connectivity index (χ1) is 9.21. The van der Waals surface area contributed by atoms with Crippen LogP contribution in [0.1, 0.15) is 6.42 Å². The van der Waals surface area contributed by atoms with E-state index in [-0.39, 0.29) is 23.7 Å². The largest absolute Gasteiger partial charge is 0.311 e. The zero-order valence-electron chi connectivity index (χ0n) is 10.0. The second kappa shape index (κ2) is 5.00. The maximum Gasteiger partial charge on any atom is 0.311 e. The van der Waals surface area contributed by atoms with Gasteiger partial charge in [0.15, 0.2) is 0 Å². The third kappa shape index (κ3) is 2.60. The molecule has 0 aromatic heterocycles. The highest BCUT2D eigenvalue weighted by molar-refractivity contribution is 7.89. The molecule has 0 radical (unpaired) electrons. The predicted octanol–water partition coefficient (Wildman–Crippen LogP) is 0.642. The number of halogens is 1. The Morgan fingerprint density at radius 2 is 2.10 bits per heavy atom. The van der Waals surface area contributed by atoms with Crippen LogP contribution in [0.4, 0.5) is 11.4 Å². The topological polar surface area (TPSA) is 124 Å². The predicted molar refractivity (Wildman–Crippen MR) is 72.0 cm³/mol. The Bertz CT molecular complexity index is 690. The molecule has 0 spiro atoms. The normalized spacial score (nSPS) is 19.4. The second-order valence-corrected chi connectivity index (χ2v) is 6.54. The van der Waals surface area contributed by atoms with Gasteiger partial charge in [0.25, 0.3) is 0 Å². The maximum atomic E-state index is 11.9. The molecule has 1 aromatic carbocycles. The molecule has 0 saturated carbocycles. The number of nitrogens with two attached hydrogens (primary N) is 1. The Morgan fingerprint density at radius 3 is 2.60 bits per heavy atom. The van der Waals surface area contributed by atoms with E-state index in [1.165, 1.54) is 18.2 Å². The number of carbonyl (C=O) groups excluding carboxylic acids is 1. The zero-order chi connectivity index (χ0) is 15.1. The number of nitro benzene ring substituents is 1. The fraction of sp³-hybridized carbons (Fsp3) is 0.300. The van der Waals surface area contributed by atoms with Crippen molar-refractivity contribution in [1.29, 1.82) is 0 Å². The van der Waals surface area contributed by atoms with Crippen LogP contribution < -0.4 is 10.0 Å². The van der Waals surface area contributed by atoms with Crippen molar-refractivity contribution >= 4 is 38.9 Å². The number of nitro groups is 1. The van der Waals surface area contributed by atoms with Crippen LogP contribution in [0.2, 0.25) is 5.02 Å². The summed E-state index contributed by atoms with van der Waals surface area (Å²) < 4.78 is 22.6. The van der Waals surface area contributed by atoms with Crippen molar-refractivity contribution < 1.29 is 18.1 Å². The van der Waals surface area contributed by atoms with Gasteiger partial charge in [-0.2, -0.15) is 0 Å². The van der Waals surface area contributed by atoms with Crippen LogP contribution in [0.15, 0.2) is 18.2 Å². The first kappa shape index (κ1) is 14.7. The quantitative estimate of drug-likeness (QED) is 0.646. The fourth-order valence-electron chi connectivity index (χ4n) is 2.03. The van der Waals surface area contributed by atoms with Crippen molar-refractivity contribution in [1.82, 2.24) is 0 Å². The average Bonchev–Trinajstić information content (AvgIpc) is 2.70. The Hall–Kier alpha value is -1.71. The number of amides is 1. The van der Waals surface area contributed by atoms with Gasteiger partial charge in [-0.3, -0.25) is 14.9 Å². The van der Waals surface area contributed by atoms with Crippen molar-refractivity contribution in [3.63, 3.8) is 0 Å². The van der Waals surface area contributed by atoms with E-state index in [1.807, 2.05) is 0 Å². The molecule has 1 aromatic rings. The van der Waals surface area contributed by atoms with E-state index in [0.717, 1.165) is 4.90 Å². The summed E-state index contributed by atoms with van der Waals surface area (Å²) in [7, 11) is -3.88. The minimum atomic E-state index is -3.88. The van der Waals surface area contributed by atoms with E-state index in [9.17, 15) is 23.3 Å². The van der Waals surface area contributed by atoms with Gasteiger partial charge in [0.05, 0.1) is 4.92 Å². The third-order valence-corrected chi connectivity index (χ3v) is 4.54. The molecule has 2 N–H and O–H groups in total. The molecule has 0 aliphatic carbocycles. The molecule has 108 valence electrons. The molecule has 20 heavy (non-hydrogen) atoms. The molecule has 0 bridgehead atoms. The van der Waals surface area contributed by atoms with E-state index in [2.05, 4.69) is 0 Å². The van der Waals surface area contributed by atoms with Crippen molar-refractivity contribution in [3.8, 4) is 0 Å². The minimum absolute atomic E-state index is 0.0290. The standard InChI is InChI=1S/C10H10ClN3O5S/c11-7-2-1-3-8(10(7)14(16)17)13-5-6(4-9(13)15)20(12,18)19/h1-3,6H,4-5H2,(H2,12,18,19). The summed E-state index contributed by atoms with van der Waals surface area (Å²) in [6.07, 6.45) is -0.303. The number of carbonyl (C=O) groups is 1. The number of nitrogens with zero attached hydrogens (tertiary/aromatic N) is 2. The van der Waals surface area contributed by atoms with Gasteiger partial charge in [-0.25, -0.2) is 13.6 Å². The summed E-state index contributed by atoms with van der Waals surface area (Å²) in [6, 6.07) is 4.11. The molecule has 1 aliphatic rings. The summed E-state index contributed by atoms with van der Waals surface area (Å²) in [4.78, 5) is 23.2. The summed E-state index contributed by atoms with van der Waals surface area (Å²) in [5.41, 5.74) is -0.462. The third-order valence-electron chi connectivity index (χ3n) is 2.99. The molecule has 2 rings (SSSR count). The van der Waals surface area contributed by atoms with Crippen LogP contribution in [-0.2, 0) is 14.8 Å². The van der Waals surface area contributed by atoms with Gasteiger partial charge < -0.3 is 4.90 Å². The van der Waals surface area contributed by atoms with E-state index in [1.54, 1.807) is 0 Å². The maximum absolute atomic E-state index is 11.9. The summed E-state index contributed by atoms with van der Waals surface area (Å²) >= 11 is 5.75. The molecule has 1 aliphatic heterocycles. The van der Waals surface area contributed by atoms with Gasteiger partial charge in [0, 0.05) is 13.0 Å². The van der Waals surface area contributed by atoms with Crippen LogP contribution in [-0.4, -0.2) is 31.0 Å². The van der Waals surface area contributed by atoms with E-state index >= 15 is 0 Å². The van der Waals surface area contributed by atoms with Crippen molar-refractivity contribution in [2.24, 2.45) is 5.14 Å². The summed E-state index contributed by atoms with van der Waals surface area (Å²) in [6.45, 7) is -0.223. The highest BCUT2D eigenvalue weighted by Crippen LogP contribution is 2.37. The molecular weight excluding hydrogens is 310 g/mol. The molecule has 1 unspecified atom stereocenters. The summed E-state index contributed by atoms with van der Waals surface area (Å²) in [5.74, 6) is -0.547. The van der Waals surface area contributed by atoms with Gasteiger partial charge in [0.1, 0.15) is 16.0 Å². The monoisotopic (exact) mass is 319 g/mol. The first-order valence-corrected chi connectivity index (χ1v) is 7.45. The number of rotatable bonds is 3. The number of primary sulfonamides is 1. The zero-order valence-corrected chi connectivity index (χ0v) is 11.6. The van der Waals surface area contributed by atoms with E-state index in [0.29, 0.717) is 0 Å². The Kier molecular flexibility index (Phi) is 3.67. The number of sulfonamides is 1. The summed E-state index contributed by atoms with van der Waals surface area (Å²) in [5, 5.41) is 14.8. The van der Waals surface area contributed by atoms with Crippen LogP contribution in [0.3, 0.4) is 0 Å².